The molecule has 2 nitrogen and oxygen atoms in total. The van der Waals surface area contributed by atoms with Crippen LogP contribution in [0.3, 0.4) is 0 Å². The van der Waals surface area contributed by atoms with Crippen molar-refractivity contribution in [1.29, 1.82) is 5.26 Å². The van der Waals surface area contributed by atoms with Gasteiger partial charge in [0.1, 0.15) is 0 Å². The summed E-state index contributed by atoms with van der Waals surface area (Å²) in [5, 5.41) is 8.91. The number of nitrogens with zero attached hydrogens (tertiary/aromatic N) is 1. The Morgan fingerprint density at radius 3 is 3.13 bits per heavy atom. The predicted octanol–water partition coefficient (Wildman–Crippen LogP) is 3.00. The van der Waals surface area contributed by atoms with Crippen molar-refractivity contribution in [3.63, 3.8) is 0 Å². The summed E-state index contributed by atoms with van der Waals surface area (Å²) in [6.45, 7) is 0.874. The third-order valence-electron chi connectivity index (χ3n) is 3.26. The molecule has 0 radical (unpaired) electrons. The van der Waals surface area contributed by atoms with Crippen molar-refractivity contribution in [1.82, 2.24) is 0 Å². The number of allylic oxidation sites excluding steroid dienone is 3. The SMILES string of the molecule is N#CC1=CC=CC(C2(CI)CCCO2)C1. The van der Waals surface area contributed by atoms with E-state index in [1.165, 1.54) is 0 Å². The molecule has 2 aliphatic rings. The fourth-order valence-electron chi connectivity index (χ4n) is 2.34. The quantitative estimate of drug-likeness (QED) is 0.580. The molecule has 2 atom stereocenters. The minimum absolute atomic E-state index is 0.00653. The normalized spacial score (nSPS) is 34.9. The second-order valence-corrected chi connectivity index (χ2v) is 4.91. The largest absolute Gasteiger partial charge is 0.374 e. The minimum Gasteiger partial charge on any atom is -0.374 e. The molecule has 1 fully saturated rings. The smallest absolute Gasteiger partial charge is 0.0947 e. The summed E-state index contributed by atoms with van der Waals surface area (Å²) in [7, 11) is 0. The van der Waals surface area contributed by atoms with Gasteiger partial charge >= 0.3 is 0 Å². The Bertz CT molecular complexity index is 334. The van der Waals surface area contributed by atoms with Gasteiger partial charge in [-0.25, -0.2) is 0 Å². The van der Waals surface area contributed by atoms with E-state index in [1.807, 2.05) is 12.2 Å². The van der Waals surface area contributed by atoms with Crippen LogP contribution in [0.15, 0.2) is 23.8 Å². The number of rotatable bonds is 2. The molecule has 0 amide bonds. The maximum Gasteiger partial charge on any atom is 0.0947 e. The van der Waals surface area contributed by atoms with Gasteiger partial charge in [0.25, 0.3) is 0 Å². The van der Waals surface area contributed by atoms with Crippen molar-refractivity contribution < 1.29 is 4.74 Å². The summed E-state index contributed by atoms with van der Waals surface area (Å²) in [4.78, 5) is 0. The highest BCUT2D eigenvalue weighted by atomic mass is 127. The molecule has 80 valence electrons. The van der Waals surface area contributed by atoms with Crippen LogP contribution in [0.4, 0.5) is 0 Å². The van der Waals surface area contributed by atoms with Crippen LogP contribution in [0.5, 0.6) is 0 Å². The second kappa shape index (κ2) is 4.67. The van der Waals surface area contributed by atoms with E-state index >= 15 is 0 Å². The van der Waals surface area contributed by atoms with Gasteiger partial charge in [0.15, 0.2) is 0 Å². The van der Waals surface area contributed by atoms with Crippen molar-refractivity contribution in [3.8, 4) is 6.07 Å². The van der Waals surface area contributed by atoms with Gasteiger partial charge in [-0.05, 0) is 25.3 Å². The highest BCUT2D eigenvalue weighted by Gasteiger charge is 2.41. The Labute approximate surface area is 104 Å². The summed E-state index contributed by atoms with van der Waals surface area (Å²) in [6, 6.07) is 2.25. The summed E-state index contributed by atoms with van der Waals surface area (Å²) in [5.41, 5.74) is 0.871. The van der Waals surface area contributed by atoms with Crippen LogP contribution >= 0.6 is 22.6 Å². The standard InChI is InChI=1S/C12H14INO/c13-9-12(5-2-6-15-12)11-4-1-3-10(7-11)8-14/h1,3-4,11H,2,5-7,9H2. The molecule has 0 N–H and O–H groups in total. The lowest BCUT2D eigenvalue weighted by atomic mass is 9.80. The van der Waals surface area contributed by atoms with Gasteiger partial charge in [-0.2, -0.15) is 5.26 Å². The first kappa shape index (κ1) is 11.2. The number of ether oxygens (including phenoxy) is 1. The van der Waals surface area contributed by atoms with E-state index in [0.29, 0.717) is 5.92 Å². The molecule has 3 heteroatoms. The Hall–Kier alpha value is -0.340. The Morgan fingerprint density at radius 2 is 2.53 bits per heavy atom. The number of alkyl halides is 1. The molecule has 15 heavy (non-hydrogen) atoms. The first-order chi connectivity index (χ1) is 7.30. The van der Waals surface area contributed by atoms with Gasteiger partial charge in [0.05, 0.1) is 11.7 Å². The second-order valence-electron chi connectivity index (χ2n) is 4.15. The highest BCUT2D eigenvalue weighted by Crippen LogP contribution is 2.40. The van der Waals surface area contributed by atoms with Gasteiger partial charge < -0.3 is 4.74 Å². The average molecular weight is 315 g/mol. The van der Waals surface area contributed by atoms with Crippen LogP contribution < -0.4 is 0 Å². The van der Waals surface area contributed by atoms with Gasteiger partial charge in [-0.1, -0.05) is 34.7 Å². The lowest BCUT2D eigenvalue weighted by Crippen LogP contribution is -2.38. The van der Waals surface area contributed by atoms with E-state index in [0.717, 1.165) is 35.9 Å². The molecular weight excluding hydrogens is 301 g/mol. The van der Waals surface area contributed by atoms with Crippen molar-refractivity contribution in [2.75, 3.05) is 11.0 Å². The van der Waals surface area contributed by atoms with E-state index in [1.54, 1.807) is 0 Å². The fraction of sp³-hybridized carbons (Fsp3) is 0.583. The van der Waals surface area contributed by atoms with Gasteiger partial charge in [0, 0.05) is 22.5 Å². The molecule has 1 aliphatic heterocycles. The molecule has 0 aromatic heterocycles. The minimum atomic E-state index is -0.00653. The van der Waals surface area contributed by atoms with Crippen LogP contribution in [0.2, 0.25) is 0 Å². The van der Waals surface area contributed by atoms with Crippen molar-refractivity contribution in [2.45, 2.75) is 24.9 Å². The molecule has 0 bridgehead atoms. The maximum absolute atomic E-state index is 8.91. The zero-order valence-electron chi connectivity index (χ0n) is 8.58. The fourth-order valence-corrected chi connectivity index (χ4v) is 3.51. The number of hydrogen-bond acceptors (Lipinski definition) is 2. The molecule has 2 rings (SSSR count). The Balaban J connectivity index is 2.15. The van der Waals surface area contributed by atoms with Crippen molar-refractivity contribution in [2.24, 2.45) is 5.92 Å². The first-order valence-electron chi connectivity index (χ1n) is 5.28. The van der Waals surface area contributed by atoms with Gasteiger partial charge in [-0.15, -0.1) is 0 Å². The lowest BCUT2D eigenvalue weighted by molar-refractivity contribution is -0.00679. The van der Waals surface area contributed by atoms with Crippen molar-refractivity contribution in [3.05, 3.63) is 23.8 Å². The Morgan fingerprint density at radius 1 is 1.67 bits per heavy atom. The van der Waals surface area contributed by atoms with E-state index in [2.05, 4.69) is 34.7 Å². The molecule has 0 saturated carbocycles. The zero-order chi connectivity index (χ0) is 10.7. The average Bonchev–Trinajstić information content (AvgIpc) is 2.79. The van der Waals surface area contributed by atoms with Crippen LogP contribution in [0.1, 0.15) is 19.3 Å². The molecule has 2 unspecified atom stereocenters. The molecule has 1 saturated heterocycles. The molecular formula is C12H14INO. The monoisotopic (exact) mass is 315 g/mol. The summed E-state index contributed by atoms with van der Waals surface area (Å²) >= 11 is 2.40. The summed E-state index contributed by atoms with van der Waals surface area (Å²) < 4.78 is 6.94. The lowest BCUT2D eigenvalue weighted by Gasteiger charge is -2.34. The summed E-state index contributed by atoms with van der Waals surface area (Å²) in [5.74, 6) is 0.386. The highest BCUT2D eigenvalue weighted by molar-refractivity contribution is 14.1. The third kappa shape index (κ3) is 2.11. The van der Waals surface area contributed by atoms with Gasteiger partial charge in [-0.3, -0.25) is 0 Å². The molecule has 0 aromatic carbocycles. The predicted molar refractivity (Wildman–Crippen MR) is 67.7 cm³/mol. The Kier molecular flexibility index (Phi) is 3.47. The van der Waals surface area contributed by atoms with Crippen LogP contribution in [0, 0.1) is 17.2 Å². The molecule has 0 aromatic rings. The van der Waals surface area contributed by atoms with Crippen molar-refractivity contribution >= 4 is 22.6 Å². The number of nitriles is 1. The van der Waals surface area contributed by atoms with E-state index in [9.17, 15) is 0 Å². The first-order valence-corrected chi connectivity index (χ1v) is 6.81. The molecule has 0 spiro atoms. The molecule has 1 heterocycles. The summed E-state index contributed by atoms with van der Waals surface area (Å²) in [6.07, 6.45) is 9.23. The number of hydrogen-bond donors (Lipinski definition) is 0. The van der Waals surface area contributed by atoms with Crippen LogP contribution in [-0.2, 0) is 4.74 Å². The van der Waals surface area contributed by atoms with E-state index < -0.39 is 0 Å². The maximum atomic E-state index is 8.91. The topological polar surface area (TPSA) is 33.0 Å². The third-order valence-corrected chi connectivity index (χ3v) is 4.55. The zero-order valence-corrected chi connectivity index (χ0v) is 10.7. The van der Waals surface area contributed by atoms with Gasteiger partial charge in [0.2, 0.25) is 0 Å². The van der Waals surface area contributed by atoms with Crippen LogP contribution in [-0.4, -0.2) is 16.6 Å². The van der Waals surface area contributed by atoms with E-state index in [-0.39, 0.29) is 5.60 Å². The molecule has 1 aliphatic carbocycles. The number of halogens is 1. The van der Waals surface area contributed by atoms with E-state index in [4.69, 9.17) is 10.00 Å². The van der Waals surface area contributed by atoms with Crippen LogP contribution in [0.25, 0.3) is 0 Å².